The number of carbonyl (C=O) groups excluding carboxylic acids is 1. The zero-order chi connectivity index (χ0) is 13.0. The maximum absolute atomic E-state index is 11.1. The molecule has 98 valence electrons. The molecule has 1 aliphatic rings. The summed E-state index contributed by atoms with van der Waals surface area (Å²) < 4.78 is 0. The Hall–Kier alpha value is -1.35. The highest BCUT2D eigenvalue weighted by molar-refractivity contribution is 5.73. The molecule has 1 amide bonds. The number of hydrogen-bond donors (Lipinski definition) is 1. The molecule has 0 saturated carbocycles. The van der Waals surface area contributed by atoms with Gasteiger partial charge in [0.1, 0.15) is 0 Å². The van der Waals surface area contributed by atoms with Gasteiger partial charge in [-0.1, -0.05) is 37.3 Å². The van der Waals surface area contributed by atoms with E-state index in [1.165, 1.54) is 5.56 Å². The smallest absolute Gasteiger partial charge is 0.217 e. The average molecular weight is 246 g/mol. The van der Waals surface area contributed by atoms with E-state index < -0.39 is 0 Å². The molecule has 1 aromatic carbocycles. The van der Waals surface area contributed by atoms with E-state index in [2.05, 4.69) is 41.4 Å². The highest BCUT2D eigenvalue weighted by Crippen LogP contribution is 2.22. The molecule has 1 aromatic rings. The SMILES string of the molecule is CC[C@H]1C[C@@H](NC(C)=O)CN1Cc1ccccc1. The summed E-state index contributed by atoms with van der Waals surface area (Å²) in [5.41, 5.74) is 1.35. The molecule has 2 atom stereocenters. The van der Waals surface area contributed by atoms with Gasteiger partial charge in [-0.15, -0.1) is 0 Å². The maximum Gasteiger partial charge on any atom is 0.217 e. The molecule has 3 nitrogen and oxygen atoms in total. The highest BCUT2D eigenvalue weighted by atomic mass is 16.1. The van der Waals surface area contributed by atoms with E-state index >= 15 is 0 Å². The summed E-state index contributed by atoms with van der Waals surface area (Å²) in [5.74, 6) is 0.0800. The molecule has 0 bridgehead atoms. The van der Waals surface area contributed by atoms with Gasteiger partial charge in [0.05, 0.1) is 0 Å². The van der Waals surface area contributed by atoms with E-state index in [0.717, 1.165) is 25.9 Å². The zero-order valence-corrected chi connectivity index (χ0v) is 11.2. The predicted octanol–water partition coefficient (Wildman–Crippen LogP) is 2.18. The van der Waals surface area contributed by atoms with Crippen molar-refractivity contribution in [2.45, 2.75) is 45.3 Å². The van der Waals surface area contributed by atoms with Crippen molar-refractivity contribution in [1.29, 1.82) is 0 Å². The van der Waals surface area contributed by atoms with Crippen molar-refractivity contribution in [3.8, 4) is 0 Å². The van der Waals surface area contributed by atoms with E-state index in [4.69, 9.17) is 0 Å². The van der Waals surface area contributed by atoms with Crippen molar-refractivity contribution in [2.24, 2.45) is 0 Å². The summed E-state index contributed by atoms with van der Waals surface area (Å²) in [6.45, 7) is 5.77. The molecular weight excluding hydrogens is 224 g/mol. The van der Waals surface area contributed by atoms with Gasteiger partial charge in [0.25, 0.3) is 0 Å². The van der Waals surface area contributed by atoms with Crippen LogP contribution in [0.1, 0.15) is 32.3 Å². The molecule has 2 rings (SSSR count). The molecular formula is C15H22N2O. The Morgan fingerprint density at radius 2 is 2.11 bits per heavy atom. The third kappa shape index (κ3) is 3.33. The summed E-state index contributed by atoms with van der Waals surface area (Å²) in [6, 6.07) is 11.4. The standard InChI is InChI=1S/C15H22N2O/c1-3-15-9-14(16-12(2)18)11-17(15)10-13-7-5-4-6-8-13/h4-8,14-15H,3,9-11H2,1-2H3,(H,16,18)/t14-,15+/m1/s1. The Bertz CT molecular complexity index is 391. The van der Waals surface area contributed by atoms with E-state index in [0.29, 0.717) is 12.1 Å². The van der Waals surface area contributed by atoms with Crippen LogP contribution in [-0.4, -0.2) is 29.4 Å². The van der Waals surface area contributed by atoms with Crippen LogP contribution in [0, 0.1) is 0 Å². The van der Waals surface area contributed by atoms with E-state index in [9.17, 15) is 4.79 Å². The molecule has 1 N–H and O–H groups in total. The van der Waals surface area contributed by atoms with Crippen molar-refractivity contribution in [1.82, 2.24) is 10.2 Å². The van der Waals surface area contributed by atoms with Crippen LogP contribution in [0.15, 0.2) is 30.3 Å². The van der Waals surface area contributed by atoms with E-state index in [-0.39, 0.29) is 5.91 Å². The van der Waals surface area contributed by atoms with E-state index in [1.807, 2.05) is 6.07 Å². The molecule has 0 spiro atoms. The number of likely N-dealkylation sites (tertiary alicyclic amines) is 1. The Labute approximate surface area is 109 Å². The fraction of sp³-hybridized carbons (Fsp3) is 0.533. The molecule has 18 heavy (non-hydrogen) atoms. The quantitative estimate of drug-likeness (QED) is 0.883. The number of nitrogens with zero attached hydrogens (tertiary/aromatic N) is 1. The second kappa shape index (κ2) is 6.01. The van der Waals surface area contributed by atoms with Crippen molar-refractivity contribution in [3.63, 3.8) is 0 Å². The average Bonchev–Trinajstić information content (AvgIpc) is 2.71. The van der Waals surface area contributed by atoms with Gasteiger partial charge in [0.2, 0.25) is 5.91 Å². The highest BCUT2D eigenvalue weighted by Gasteiger charge is 2.30. The van der Waals surface area contributed by atoms with Gasteiger partial charge in [-0.3, -0.25) is 9.69 Å². The lowest BCUT2D eigenvalue weighted by atomic mass is 10.1. The molecule has 1 heterocycles. The summed E-state index contributed by atoms with van der Waals surface area (Å²) in [6.07, 6.45) is 2.21. The lowest BCUT2D eigenvalue weighted by Gasteiger charge is -2.23. The normalized spacial score (nSPS) is 24.1. The van der Waals surface area contributed by atoms with Gasteiger partial charge in [0.15, 0.2) is 0 Å². The predicted molar refractivity (Wildman–Crippen MR) is 73.2 cm³/mol. The number of rotatable bonds is 4. The minimum absolute atomic E-state index is 0.0800. The Morgan fingerprint density at radius 1 is 1.39 bits per heavy atom. The Balaban J connectivity index is 1.97. The van der Waals surface area contributed by atoms with Crippen molar-refractivity contribution in [2.75, 3.05) is 6.54 Å². The number of hydrogen-bond acceptors (Lipinski definition) is 2. The molecule has 3 heteroatoms. The molecule has 0 aliphatic carbocycles. The summed E-state index contributed by atoms with van der Waals surface area (Å²) >= 11 is 0. The molecule has 0 unspecified atom stereocenters. The topological polar surface area (TPSA) is 32.3 Å². The zero-order valence-electron chi connectivity index (χ0n) is 11.2. The first-order chi connectivity index (χ1) is 8.69. The summed E-state index contributed by atoms with van der Waals surface area (Å²) in [4.78, 5) is 13.6. The van der Waals surface area contributed by atoms with Crippen LogP contribution in [0.3, 0.4) is 0 Å². The van der Waals surface area contributed by atoms with Gasteiger partial charge in [-0.25, -0.2) is 0 Å². The van der Waals surface area contributed by atoms with Crippen molar-refractivity contribution in [3.05, 3.63) is 35.9 Å². The number of carbonyl (C=O) groups is 1. The van der Waals surface area contributed by atoms with Crippen LogP contribution in [0.25, 0.3) is 0 Å². The second-order valence-electron chi connectivity index (χ2n) is 5.11. The number of amides is 1. The number of benzene rings is 1. The monoisotopic (exact) mass is 246 g/mol. The van der Waals surface area contributed by atoms with Crippen LogP contribution < -0.4 is 5.32 Å². The molecule has 1 saturated heterocycles. The van der Waals surface area contributed by atoms with Crippen molar-refractivity contribution < 1.29 is 4.79 Å². The molecule has 0 aromatic heterocycles. The lowest BCUT2D eigenvalue weighted by Crippen LogP contribution is -2.35. The number of nitrogens with one attached hydrogen (secondary N) is 1. The fourth-order valence-corrected chi connectivity index (χ4v) is 2.81. The summed E-state index contributed by atoms with van der Waals surface area (Å²) in [5, 5.41) is 3.04. The second-order valence-corrected chi connectivity index (χ2v) is 5.11. The van der Waals surface area contributed by atoms with Crippen molar-refractivity contribution >= 4 is 5.91 Å². The van der Waals surface area contributed by atoms with Gasteiger partial charge in [0, 0.05) is 32.1 Å². The third-order valence-corrected chi connectivity index (χ3v) is 3.64. The van der Waals surface area contributed by atoms with Gasteiger partial charge in [-0.2, -0.15) is 0 Å². The molecule has 1 fully saturated rings. The Kier molecular flexibility index (Phi) is 4.37. The minimum Gasteiger partial charge on any atom is -0.352 e. The first kappa shape index (κ1) is 13.1. The van der Waals surface area contributed by atoms with Gasteiger partial charge < -0.3 is 5.32 Å². The van der Waals surface area contributed by atoms with E-state index in [1.54, 1.807) is 6.92 Å². The first-order valence-electron chi connectivity index (χ1n) is 6.74. The van der Waals surface area contributed by atoms with Crippen LogP contribution >= 0.6 is 0 Å². The largest absolute Gasteiger partial charge is 0.352 e. The minimum atomic E-state index is 0.0800. The van der Waals surface area contributed by atoms with Crippen LogP contribution in [0.4, 0.5) is 0 Å². The van der Waals surface area contributed by atoms with Crippen LogP contribution in [0.5, 0.6) is 0 Å². The van der Waals surface area contributed by atoms with Gasteiger partial charge in [-0.05, 0) is 18.4 Å². The summed E-state index contributed by atoms with van der Waals surface area (Å²) in [7, 11) is 0. The third-order valence-electron chi connectivity index (χ3n) is 3.64. The maximum atomic E-state index is 11.1. The van der Waals surface area contributed by atoms with Crippen LogP contribution in [-0.2, 0) is 11.3 Å². The lowest BCUT2D eigenvalue weighted by molar-refractivity contribution is -0.119. The first-order valence-corrected chi connectivity index (χ1v) is 6.74. The fourth-order valence-electron chi connectivity index (χ4n) is 2.81. The van der Waals surface area contributed by atoms with Gasteiger partial charge >= 0.3 is 0 Å². The Morgan fingerprint density at radius 3 is 2.72 bits per heavy atom. The molecule has 1 aliphatic heterocycles. The van der Waals surface area contributed by atoms with Crippen LogP contribution in [0.2, 0.25) is 0 Å². The molecule has 0 radical (unpaired) electrons.